The molecule has 1 aliphatic rings. The van der Waals surface area contributed by atoms with E-state index in [1.165, 1.54) is 11.6 Å². The Kier molecular flexibility index (Phi) is 4.41. The van der Waals surface area contributed by atoms with Crippen molar-refractivity contribution in [3.05, 3.63) is 47.8 Å². The number of hydrogen-bond donors (Lipinski definition) is 1. The summed E-state index contributed by atoms with van der Waals surface area (Å²) < 4.78 is 5.35. The summed E-state index contributed by atoms with van der Waals surface area (Å²) in [5, 5.41) is 0. The lowest BCUT2D eigenvalue weighted by atomic mass is 10.1. The van der Waals surface area contributed by atoms with Crippen LogP contribution in [0, 0.1) is 0 Å². The quantitative estimate of drug-likeness (QED) is 0.913. The first-order valence-corrected chi connectivity index (χ1v) is 7.24. The molecule has 1 aliphatic heterocycles. The van der Waals surface area contributed by atoms with Crippen LogP contribution in [0.4, 0.5) is 0 Å². The molecule has 0 radical (unpaired) electrons. The van der Waals surface area contributed by atoms with Gasteiger partial charge in [0.15, 0.2) is 5.82 Å². The van der Waals surface area contributed by atoms with Gasteiger partial charge in [-0.25, -0.2) is 9.97 Å². The van der Waals surface area contributed by atoms with Gasteiger partial charge in [0, 0.05) is 31.4 Å². The molecule has 6 heteroatoms. The Morgan fingerprint density at radius 3 is 2.59 bits per heavy atom. The van der Waals surface area contributed by atoms with Gasteiger partial charge in [0.1, 0.15) is 5.69 Å². The molecule has 114 valence electrons. The minimum atomic E-state index is -0.549. The predicted molar refractivity (Wildman–Crippen MR) is 82.1 cm³/mol. The first-order valence-electron chi connectivity index (χ1n) is 7.24. The maximum atomic E-state index is 11.2. The summed E-state index contributed by atoms with van der Waals surface area (Å²) in [5.41, 5.74) is 7.57. The molecular weight excluding hydrogens is 280 g/mol. The molecule has 22 heavy (non-hydrogen) atoms. The minimum absolute atomic E-state index is 0.224. The van der Waals surface area contributed by atoms with Crippen molar-refractivity contribution in [2.75, 3.05) is 26.3 Å². The fraction of sp³-hybridized carbons (Fsp3) is 0.312. The van der Waals surface area contributed by atoms with Gasteiger partial charge in [-0.05, 0) is 11.6 Å². The second kappa shape index (κ2) is 6.64. The van der Waals surface area contributed by atoms with Gasteiger partial charge >= 0.3 is 0 Å². The highest BCUT2D eigenvalue weighted by Crippen LogP contribution is 2.17. The third-order valence-electron chi connectivity index (χ3n) is 3.63. The highest BCUT2D eigenvalue weighted by atomic mass is 16.5. The van der Waals surface area contributed by atoms with Crippen molar-refractivity contribution < 1.29 is 9.53 Å². The monoisotopic (exact) mass is 298 g/mol. The van der Waals surface area contributed by atoms with Gasteiger partial charge in [-0.15, -0.1) is 0 Å². The molecule has 0 bridgehead atoms. The largest absolute Gasteiger partial charge is 0.379 e. The van der Waals surface area contributed by atoms with Crippen molar-refractivity contribution in [3.63, 3.8) is 0 Å². The molecule has 3 rings (SSSR count). The summed E-state index contributed by atoms with van der Waals surface area (Å²) in [6.45, 7) is 4.43. The number of nitrogens with zero attached hydrogens (tertiary/aromatic N) is 3. The lowest BCUT2D eigenvalue weighted by Gasteiger charge is -2.26. The summed E-state index contributed by atoms with van der Waals surface area (Å²) in [7, 11) is 0. The van der Waals surface area contributed by atoms with Gasteiger partial charge in [0.25, 0.3) is 5.91 Å². The lowest BCUT2D eigenvalue weighted by molar-refractivity contribution is 0.0342. The van der Waals surface area contributed by atoms with Crippen LogP contribution in [-0.4, -0.2) is 47.1 Å². The number of aromatic nitrogens is 2. The number of rotatable bonds is 4. The molecule has 0 atom stereocenters. The third kappa shape index (κ3) is 3.47. The Labute approximate surface area is 128 Å². The van der Waals surface area contributed by atoms with E-state index in [0.29, 0.717) is 5.82 Å². The van der Waals surface area contributed by atoms with Crippen molar-refractivity contribution in [1.29, 1.82) is 0 Å². The van der Waals surface area contributed by atoms with Gasteiger partial charge in [-0.2, -0.15) is 0 Å². The molecule has 0 saturated carbocycles. The predicted octanol–water partition coefficient (Wildman–Crippen LogP) is 1.07. The Balaban J connectivity index is 1.73. The summed E-state index contributed by atoms with van der Waals surface area (Å²) >= 11 is 0. The topological polar surface area (TPSA) is 81.3 Å². The molecule has 1 amide bonds. The maximum Gasteiger partial charge on any atom is 0.267 e. The highest BCUT2D eigenvalue weighted by Gasteiger charge is 2.11. The standard InChI is InChI=1S/C16H18N4O2/c17-15(21)14-5-6-18-16(19-14)13-3-1-12(2-4-13)11-20-7-9-22-10-8-20/h1-6H,7-11H2,(H2,17,21). The number of ether oxygens (including phenoxy) is 1. The van der Waals surface area contributed by atoms with Gasteiger partial charge in [0.05, 0.1) is 13.2 Å². The van der Waals surface area contributed by atoms with E-state index in [-0.39, 0.29) is 5.69 Å². The smallest absolute Gasteiger partial charge is 0.267 e. The lowest BCUT2D eigenvalue weighted by Crippen LogP contribution is -2.35. The molecule has 2 aromatic rings. The number of hydrogen-bond acceptors (Lipinski definition) is 5. The van der Waals surface area contributed by atoms with Crippen LogP contribution in [0.15, 0.2) is 36.5 Å². The van der Waals surface area contributed by atoms with E-state index in [4.69, 9.17) is 10.5 Å². The second-order valence-electron chi connectivity index (χ2n) is 5.22. The molecule has 1 saturated heterocycles. The molecule has 1 fully saturated rings. The van der Waals surface area contributed by atoms with Gasteiger partial charge in [-0.1, -0.05) is 24.3 Å². The van der Waals surface area contributed by atoms with E-state index < -0.39 is 5.91 Å². The van der Waals surface area contributed by atoms with Crippen LogP contribution in [0.2, 0.25) is 0 Å². The van der Waals surface area contributed by atoms with E-state index in [2.05, 4.69) is 27.0 Å². The number of amides is 1. The van der Waals surface area contributed by atoms with Gasteiger partial charge < -0.3 is 10.5 Å². The zero-order chi connectivity index (χ0) is 15.4. The number of morpholine rings is 1. The fourth-order valence-corrected chi connectivity index (χ4v) is 2.41. The average molecular weight is 298 g/mol. The number of nitrogens with two attached hydrogens (primary N) is 1. The van der Waals surface area contributed by atoms with E-state index in [0.717, 1.165) is 38.4 Å². The van der Waals surface area contributed by atoms with Gasteiger partial charge in [0.2, 0.25) is 0 Å². The number of primary amides is 1. The first kappa shape index (κ1) is 14.6. The van der Waals surface area contributed by atoms with E-state index >= 15 is 0 Å². The van der Waals surface area contributed by atoms with Crippen LogP contribution in [0.3, 0.4) is 0 Å². The molecule has 0 spiro atoms. The van der Waals surface area contributed by atoms with Crippen molar-refractivity contribution in [2.45, 2.75) is 6.54 Å². The van der Waals surface area contributed by atoms with Crippen LogP contribution in [0.5, 0.6) is 0 Å². The fourth-order valence-electron chi connectivity index (χ4n) is 2.41. The average Bonchev–Trinajstić information content (AvgIpc) is 2.56. The molecule has 2 heterocycles. The molecule has 1 aromatic carbocycles. The second-order valence-corrected chi connectivity index (χ2v) is 5.22. The zero-order valence-electron chi connectivity index (χ0n) is 12.2. The Hall–Kier alpha value is -2.31. The molecule has 2 N–H and O–H groups in total. The van der Waals surface area contributed by atoms with Gasteiger partial charge in [-0.3, -0.25) is 9.69 Å². The van der Waals surface area contributed by atoms with Crippen molar-refractivity contribution in [3.8, 4) is 11.4 Å². The zero-order valence-corrected chi connectivity index (χ0v) is 12.2. The molecule has 0 aliphatic carbocycles. The van der Waals surface area contributed by atoms with Crippen LogP contribution in [0.1, 0.15) is 16.1 Å². The molecule has 0 unspecified atom stereocenters. The van der Waals surface area contributed by atoms with Crippen LogP contribution < -0.4 is 5.73 Å². The number of carbonyl (C=O) groups excluding carboxylic acids is 1. The maximum absolute atomic E-state index is 11.2. The normalized spacial score (nSPS) is 15.6. The summed E-state index contributed by atoms with van der Waals surface area (Å²) in [4.78, 5) is 21.9. The molecule has 6 nitrogen and oxygen atoms in total. The van der Waals surface area contributed by atoms with Crippen molar-refractivity contribution in [1.82, 2.24) is 14.9 Å². The number of benzene rings is 1. The molecule has 1 aromatic heterocycles. The first-order chi connectivity index (χ1) is 10.7. The summed E-state index contributed by atoms with van der Waals surface area (Å²) in [6, 6.07) is 9.57. The Morgan fingerprint density at radius 1 is 1.18 bits per heavy atom. The SMILES string of the molecule is NC(=O)c1ccnc(-c2ccc(CN3CCOCC3)cc2)n1. The summed E-state index contributed by atoms with van der Waals surface area (Å²) in [5.74, 6) is -0.0400. The Morgan fingerprint density at radius 2 is 1.91 bits per heavy atom. The van der Waals surface area contributed by atoms with Crippen LogP contribution >= 0.6 is 0 Å². The third-order valence-corrected chi connectivity index (χ3v) is 3.63. The van der Waals surface area contributed by atoms with Crippen molar-refractivity contribution in [2.24, 2.45) is 5.73 Å². The van der Waals surface area contributed by atoms with Crippen LogP contribution in [-0.2, 0) is 11.3 Å². The summed E-state index contributed by atoms with van der Waals surface area (Å²) in [6.07, 6.45) is 1.55. The van der Waals surface area contributed by atoms with E-state index in [9.17, 15) is 4.79 Å². The Bertz CT molecular complexity index is 651. The van der Waals surface area contributed by atoms with Crippen LogP contribution in [0.25, 0.3) is 11.4 Å². The molecular formula is C16H18N4O2. The highest BCUT2D eigenvalue weighted by molar-refractivity contribution is 5.91. The van der Waals surface area contributed by atoms with E-state index in [1.54, 1.807) is 6.20 Å². The van der Waals surface area contributed by atoms with E-state index in [1.807, 2.05) is 12.1 Å². The number of carbonyl (C=O) groups is 1. The minimum Gasteiger partial charge on any atom is -0.379 e. The van der Waals surface area contributed by atoms with Crippen molar-refractivity contribution >= 4 is 5.91 Å².